The molecule has 0 bridgehead atoms. The molecule has 0 spiro atoms. The van der Waals surface area contributed by atoms with Crippen LogP contribution in [0.15, 0.2) is 96.2 Å². The van der Waals surface area contributed by atoms with E-state index in [9.17, 15) is 0 Å². The molecule has 0 radical (unpaired) electrons. The molecule has 0 atom stereocenters. The molecule has 0 saturated heterocycles. The summed E-state index contributed by atoms with van der Waals surface area (Å²) in [5, 5.41) is 3.45. The first-order valence-electron chi connectivity index (χ1n) is 9.17. The summed E-state index contributed by atoms with van der Waals surface area (Å²) in [6.07, 6.45) is 9.80. The minimum Gasteiger partial charge on any atom is -0.398 e. The zero-order chi connectivity index (χ0) is 20.1. The van der Waals surface area contributed by atoms with Gasteiger partial charge in [0.25, 0.3) is 0 Å². The molecule has 0 heterocycles. The average molecular weight is 367 g/mol. The maximum absolute atomic E-state index is 5.96. The lowest BCUT2D eigenvalue weighted by atomic mass is 10.0. The molecule has 0 amide bonds. The van der Waals surface area contributed by atoms with E-state index >= 15 is 0 Å². The fourth-order valence-corrected chi connectivity index (χ4v) is 3.04. The van der Waals surface area contributed by atoms with E-state index in [4.69, 9.17) is 10.7 Å². The smallest absolute Gasteiger partial charge is 0.0726 e. The third-order valence-electron chi connectivity index (χ3n) is 4.55. The van der Waals surface area contributed by atoms with Gasteiger partial charge < -0.3 is 11.1 Å². The number of nitrogen functional groups attached to an aromatic ring is 1. The van der Waals surface area contributed by atoms with Gasteiger partial charge >= 0.3 is 0 Å². The number of hydrogen-bond acceptors (Lipinski definition) is 3. The lowest BCUT2D eigenvalue weighted by Crippen LogP contribution is -2.08. The molecule has 140 valence electrons. The van der Waals surface area contributed by atoms with Crippen LogP contribution in [0.4, 0.5) is 11.4 Å². The van der Waals surface area contributed by atoms with Crippen molar-refractivity contribution in [3.05, 3.63) is 108 Å². The molecule has 0 aromatic heterocycles. The first-order valence-corrected chi connectivity index (χ1v) is 9.17. The normalized spacial score (nSPS) is 16.1. The van der Waals surface area contributed by atoms with Gasteiger partial charge in [-0.05, 0) is 55.3 Å². The Labute approximate surface area is 167 Å². The largest absolute Gasteiger partial charge is 0.398 e. The zero-order valence-electron chi connectivity index (χ0n) is 16.4. The summed E-state index contributed by atoms with van der Waals surface area (Å²) in [4.78, 5) is 4.79. The molecule has 28 heavy (non-hydrogen) atoms. The molecule has 3 N–H and O–H groups in total. The summed E-state index contributed by atoms with van der Waals surface area (Å²) in [6.45, 7) is 12.1. The van der Waals surface area contributed by atoms with E-state index in [0.717, 1.165) is 39.5 Å². The van der Waals surface area contributed by atoms with Crippen LogP contribution >= 0.6 is 0 Å². The van der Waals surface area contributed by atoms with Crippen molar-refractivity contribution < 1.29 is 0 Å². The number of allylic oxidation sites excluding steroid dienone is 6. The highest BCUT2D eigenvalue weighted by atomic mass is 14.9. The standard InChI is InChI=1S/C25H25N3/c1-5-20-16-22(13-14-24(20)26)27-19(4)23-11-6-7-12-25(23)28-18(3)21-10-8-9-17(2)15-21/h5-16,27H,1,3,26H2,2,4H3/b23-19+,28-25-. The van der Waals surface area contributed by atoms with Crippen molar-refractivity contribution in [1.82, 2.24) is 0 Å². The lowest BCUT2D eigenvalue weighted by Gasteiger charge is -2.15. The van der Waals surface area contributed by atoms with Crippen LogP contribution in [0.2, 0.25) is 0 Å². The SMILES string of the molecule is C=Cc1cc(N/C(C)=C2\C=CC=C\C2=N\C(=C)c2cccc(C)c2)ccc1N. The van der Waals surface area contributed by atoms with E-state index in [1.165, 1.54) is 5.56 Å². The summed E-state index contributed by atoms with van der Waals surface area (Å²) in [6, 6.07) is 14.0. The number of aliphatic imine (C=N–C) groups is 1. The van der Waals surface area contributed by atoms with Gasteiger partial charge in [-0.15, -0.1) is 0 Å². The van der Waals surface area contributed by atoms with Crippen molar-refractivity contribution in [2.75, 3.05) is 11.1 Å². The lowest BCUT2D eigenvalue weighted by molar-refractivity contribution is 1.34. The topological polar surface area (TPSA) is 50.4 Å². The summed E-state index contributed by atoms with van der Waals surface area (Å²) in [5.74, 6) is 0. The van der Waals surface area contributed by atoms with Crippen LogP contribution in [0.5, 0.6) is 0 Å². The monoisotopic (exact) mass is 367 g/mol. The number of nitrogens with zero attached hydrogens (tertiary/aromatic N) is 1. The maximum atomic E-state index is 5.96. The van der Waals surface area contributed by atoms with Crippen LogP contribution < -0.4 is 11.1 Å². The molecule has 0 unspecified atom stereocenters. The first-order chi connectivity index (χ1) is 13.5. The predicted molar refractivity (Wildman–Crippen MR) is 123 cm³/mol. The van der Waals surface area contributed by atoms with Gasteiger partial charge in [0.15, 0.2) is 0 Å². The minimum atomic E-state index is 0.711. The van der Waals surface area contributed by atoms with Gasteiger partial charge in [0.05, 0.1) is 11.4 Å². The number of hydrogen-bond donors (Lipinski definition) is 2. The molecule has 2 aromatic rings. The number of rotatable bonds is 5. The molecule has 2 aromatic carbocycles. The zero-order valence-corrected chi connectivity index (χ0v) is 16.4. The molecular weight excluding hydrogens is 342 g/mol. The van der Waals surface area contributed by atoms with Gasteiger partial charge in [-0.3, -0.25) is 0 Å². The van der Waals surface area contributed by atoms with Gasteiger partial charge in [0.2, 0.25) is 0 Å². The fraction of sp³-hybridized carbons (Fsp3) is 0.0800. The maximum Gasteiger partial charge on any atom is 0.0726 e. The van der Waals surface area contributed by atoms with Crippen LogP contribution in [0, 0.1) is 6.92 Å². The van der Waals surface area contributed by atoms with Gasteiger partial charge in [-0.25, -0.2) is 4.99 Å². The van der Waals surface area contributed by atoms with Crippen molar-refractivity contribution >= 4 is 28.9 Å². The van der Waals surface area contributed by atoms with Crippen LogP contribution in [0.1, 0.15) is 23.6 Å². The number of benzene rings is 2. The van der Waals surface area contributed by atoms with E-state index in [-0.39, 0.29) is 0 Å². The minimum absolute atomic E-state index is 0.711. The summed E-state index contributed by atoms with van der Waals surface area (Å²) in [5.41, 5.74) is 14.4. The molecule has 3 nitrogen and oxygen atoms in total. The Kier molecular flexibility index (Phi) is 5.75. The van der Waals surface area contributed by atoms with Crippen molar-refractivity contribution in [1.29, 1.82) is 0 Å². The van der Waals surface area contributed by atoms with Crippen molar-refractivity contribution in [3.63, 3.8) is 0 Å². The van der Waals surface area contributed by atoms with E-state index in [0.29, 0.717) is 5.69 Å². The third kappa shape index (κ3) is 4.38. The molecule has 3 rings (SSSR count). The number of aryl methyl sites for hydroxylation is 1. The Morgan fingerprint density at radius 3 is 2.64 bits per heavy atom. The quantitative estimate of drug-likeness (QED) is 0.623. The van der Waals surface area contributed by atoms with Gasteiger partial charge in [-0.2, -0.15) is 0 Å². The Bertz CT molecular complexity index is 1050. The molecule has 0 aliphatic heterocycles. The van der Waals surface area contributed by atoms with E-state index in [2.05, 4.69) is 43.6 Å². The van der Waals surface area contributed by atoms with E-state index < -0.39 is 0 Å². The van der Waals surface area contributed by atoms with Gasteiger partial charge in [0, 0.05) is 22.6 Å². The predicted octanol–water partition coefficient (Wildman–Crippen LogP) is 6.14. The molecule has 3 heteroatoms. The van der Waals surface area contributed by atoms with Crippen LogP contribution in [0.25, 0.3) is 11.8 Å². The Balaban J connectivity index is 1.92. The second-order valence-corrected chi connectivity index (χ2v) is 6.74. The number of nitrogens with two attached hydrogens (primary N) is 1. The molecule has 1 aliphatic rings. The van der Waals surface area contributed by atoms with E-state index in [1.54, 1.807) is 6.08 Å². The van der Waals surface area contributed by atoms with Gasteiger partial charge in [-0.1, -0.05) is 61.2 Å². The van der Waals surface area contributed by atoms with E-state index in [1.807, 2.05) is 55.5 Å². The fourth-order valence-electron chi connectivity index (χ4n) is 3.04. The Hall–Kier alpha value is -3.59. The highest BCUT2D eigenvalue weighted by molar-refractivity contribution is 6.14. The second kappa shape index (κ2) is 8.40. The Morgan fingerprint density at radius 2 is 1.89 bits per heavy atom. The number of nitrogens with one attached hydrogen (secondary N) is 1. The van der Waals surface area contributed by atoms with Crippen molar-refractivity contribution in [2.45, 2.75) is 13.8 Å². The third-order valence-corrected chi connectivity index (χ3v) is 4.55. The first kappa shape index (κ1) is 19.2. The molecule has 0 saturated carbocycles. The Morgan fingerprint density at radius 1 is 1.11 bits per heavy atom. The highest BCUT2D eigenvalue weighted by Crippen LogP contribution is 2.23. The molecular formula is C25H25N3. The average Bonchev–Trinajstić information content (AvgIpc) is 2.69. The summed E-state index contributed by atoms with van der Waals surface area (Å²) >= 11 is 0. The highest BCUT2D eigenvalue weighted by Gasteiger charge is 2.10. The summed E-state index contributed by atoms with van der Waals surface area (Å²) < 4.78 is 0. The van der Waals surface area contributed by atoms with Crippen molar-refractivity contribution in [3.8, 4) is 0 Å². The van der Waals surface area contributed by atoms with Crippen molar-refractivity contribution in [2.24, 2.45) is 4.99 Å². The van der Waals surface area contributed by atoms with Crippen LogP contribution in [0.3, 0.4) is 0 Å². The molecule has 0 fully saturated rings. The molecule has 1 aliphatic carbocycles. The van der Waals surface area contributed by atoms with Crippen LogP contribution in [-0.4, -0.2) is 5.71 Å². The van der Waals surface area contributed by atoms with Gasteiger partial charge in [0.1, 0.15) is 0 Å². The second-order valence-electron chi connectivity index (χ2n) is 6.74. The number of anilines is 2. The van der Waals surface area contributed by atoms with Crippen LogP contribution in [-0.2, 0) is 0 Å². The summed E-state index contributed by atoms with van der Waals surface area (Å²) in [7, 11) is 0.